The lowest BCUT2D eigenvalue weighted by molar-refractivity contribution is 0.0945. The topological polar surface area (TPSA) is 57.7 Å². The zero-order chi connectivity index (χ0) is 22.8. The number of rotatable bonds is 6. The summed E-state index contributed by atoms with van der Waals surface area (Å²) in [5.74, 6) is 0.506. The fourth-order valence-corrected chi connectivity index (χ4v) is 5.46. The van der Waals surface area contributed by atoms with Gasteiger partial charge in [-0.1, -0.05) is 47.7 Å². The molecule has 1 aliphatic rings. The van der Waals surface area contributed by atoms with E-state index >= 15 is 0 Å². The monoisotopic (exact) mass is 460 g/mol. The van der Waals surface area contributed by atoms with Gasteiger partial charge in [0.1, 0.15) is 5.75 Å². The number of carbonyl (C=O) groups is 1. The molecule has 33 heavy (non-hydrogen) atoms. The first kappa shape index (κ1) is 21.7. The Morgan fingerprint density at radius 3 is 2.55 bits per heavy atom. The number of fused-ring (bicyclic) bond motifs is 2. The van der Waals surface area contributed by atoms with E-state index in [1.54, 1.807) is 18.4 Å². The van der Waals surface area contributed by atoms with Gasteiger partial charge in [0.2, 0.25) is 0 Å². The lowest BCUT2D eigenvalue weighted by Gasteiger charge is -2.34. The Bertz CT molecular complexity index is 1290. The Hall–Kier alpha value is -3.16. The maximum absolute atomic E-state index is 12.8. The number of amides is 1. The molecule has 0 atom stereocenters. The fraction of sp³-hybridized carbons (Fsp3) is 0.308. The summed E-state index contributed by atoms with van der Waals surface area (Å²) in [5.41, 5.74) is 2.92. The van der Waals surface area contributed by atoms with E-state index in [-0.39, 0.29) is 5.91 Å². The van der Waals surface area contributed by atoms with Crippen molar-refractivity contribution < 1.29 is 9.53 Å². The van der Waals surface area contributed by atoms with Gasteiger partial charge in [-0.15, -0.1) is 0 Å². The summed E-state index contributed by atoms with van der Waals surface area (Å²) in [7, 11) is 1.60. The number of anilines is 1. The molecule has 1 N–H and O–H groups in total. The van der Waals surface area contributed by atoms with E-state index < -0.39 is 0 Å². The molecule has 7 heteroatoms. The molecule has 170 valence electrons. The number of hydrogen-bond donors (Lipinski definition) is 1. The molecule has 1 aliphatic heterocycles. The number of aromatic nitrogens is 1. The molecular formula is C26H28N4O2S. The van der Waals surface area contributed by atoms with Gasteiger partial charge in [0, 0.05) is 39.3 Å². The number of nitrogens with zero attached hydrogens (tertiary/aromatic N) is 3. The Morgan fingerprint density at radius 2 is 1.82 bits per heavy atom. The Labute approximate surface area is 197 Å². The van der Waals surface area contributed by atoms with Crippen LogP contribution in [-0.2, 0) is 0 Å². The number of para-hydroxylation sites is 1. The molecule has 0 unspecified atom stereocenters. The third-order valence-electron chi connectivity index (χ3n) is 6.28. The highest BCUT2D eigenvalue weighted by atomic mass is 32.1. The summed E-state index contributed by atoms with van der Waals surface area (Å²) >= 11 is 1.77. The molecule has 0 radical (unpaired) electrons. The summed E-state index contributed by atoms with van der Waals surface area (Å²) in [6.07, 6.45) is 0. The van der Waals surface area contributed by atoms with E-state index in [9.17, 15) is 4.79 Å². The van der Waals surface area contributed by atoms with Crippen molar-refractivity contribution in [3.05, 3.63) is 65.7 Å². The highest BCUT2D eigenvalue weighted by Crippen LogP contribution is 2.31. The van der Waals surface area contributed by atoms with Gasteiger partial charge in [0.05, 0.1) is 22.9 Å². The Balaban J connectivity index is 1.15. The van der Waals surface area contributed by atoms with Crippen molar-refractivity contribution in [2.75, 3.05) is 51.3 Å². The predicted molar refractivity (Wildman–Crippen MR) is 136 cm³/mol. The van der Waals surface area contributed by atoms with Crippen molar-refractivity contribution in [2.45, 2.75) is 6.92 Å². The Morgan fingerprint density at radius 1 is 1.06 bits per heavy atom. The van der Waals surface area contributed by atoms with Crippen LogP contribution in [0.1, 0.15) is 15.9 Å². The molecule has 2 heterocycles. The third kappa shape index (κ3) is 4.51. The van der Waals surface area contributed by atoms with Crippen LogP contribution in [0.5, 0.6) is 5.75 Å². The molecule has 6 nitrogen and oxygen atoms in total. The van der Waals surface area contributed by atoms with Gasteiger partial charge < -0.3 is 15.0 Å². The van der Waals surface area contributed by atoms with Crippen LogP contribution in [0.25, 0.3) is 21.0 Å². The highest BCUT2D eigenvalue weighted by Gasteiger charge is 2.20. The van der Waals surface area contributed by atoms with E-state index in [2.05, 4.69) is 40.2 Å². The molecular weight excluding hydrogens is 432 g/mol. The molecule has 5 rings (SSSR count). The summed E-state index contributed by atoms with van der Waals surface area (Å²) in [6, 6.07) is 18.2. The second-order valence-corrected chi connectivity index (χ2v) is 9.41. The van der Waals surface area contributed by atoms with Crippen LogP contribution in [0.3, 0.4) is 0 Å². The first-order chi connectivity index (χ1) is 16.1. The van der Waals surface area contributed by atoms with Crippen LogP contribution in [-0.4, -0.2) is 62.2 Å². The van der Waals surface area contributed by atoms with Gasteiger partial charge in [0.25, 0.3) is 5.91 Å². The van der Waals surface area contributed by atoms with Gasteiger partial charge >= 0.3 is 0 Å². The number of nitrogens with one attached hydrogen (secondary N) is 1. The van der Waals surface area contributed by atoms with Crippen LogP contribution < -0.4 is 15.0 Å². The molecule has 3 aromatic carbocycles. The number of aryl methyl sites for hydroxylation is 1. The first-order valence-electron chi connectivity index (χ1n) is 11.3. The minimum atomic E-state index is -0.0962. The molecule has 1 aromatic heterocycles. The zero-order valence-corrected chi connectivity index (χ0v) is 19.8. The van der Waals surface area contributed by atoms with Gasteiger partial charge in [-0.3, -0.25) is 9.69 Å². The standard InChI is InChI=1S/C26H28N4O2S/c1-18-6-5-9-23-24(18)28-26(33-23)30-14-12-29(13-15-30)11-10-27-25(31)21-16-19-7-3-4-8-20(19)17-22(21)32-2/h3-9,16-17H,10-15H2,1-2H3,(H,27,31). The normalized spacial score (nSPS) is 14.7. The largest absolute Gasteiger partial charge is 0.496 e. The number of methoxy groups -OCH3 is 1. The van der Waals surface area contributed by atoms with Crippen LogP contribution in [0.2, 0.25) is 0 Å². The number of carbonyl (C=O) groups excluding carboxylic acids is 1. The van der Waals surface area contributed by atoms with Gasteiger partial charge in [-0.25, -0.2) is 4.98 Å². The fourth-order valence-electron chi connectivity index (χ4n) is 4.36. The average molecular weight is 461 g/mol. The third-order valence-corrected chi connectivity index (χ3v) is 7.36. The minimum Gasteiger partial charge on any atom is -0.496 e. The van der Waals surface area contributed by atoms with Gasteiger partial charge in [-0.05, 0) is 41.5 Å². The lowest BCUT2D eigenvalue weighted by Crippen LogP contribution is -2.48. The minimum absolute atomic E-state index is 0.0962. The Kier molecular flexibility index (Phi) is 6.15. The van der Waals surface area contributed by atoms with Gasteiger partial charge in [0.15, 0.2) is 5.13 Å². The van der Waals surface area contributed by atoms with E-state index in [0.29, 0.717) is 17.9 Å². The van der Waals surface area contributed by atoms with E-state index in [4.69, 9.17) is 9.72 Å². The molecule has 1 saturated heterocycles. The number of piperazine rings is 1. The van der Waals surface area contributed by atoms with Crippen molar-refractivity contribution in [3.63, 3.8) is 0 Å². The van der Waals surface area contributed by atoms with Crippen LogP contribution in [0.15, 0.2) is 54.6 Å². The molecule has 0 saturated carbocycles. The number of hydrogen-bond acceptors (Lipinski definition) is 6. The molecule has 0 aliphatic carbocycles. The van der Waals surface area contributed by atoms with Crippen LogP contribution in [0.4, 0.5) is 5.13 Å². The SMILES string of the molecule is COc1cc2ccccc2cc1C(=O)NCCN1CCN(c2nc3c(C)cccc3s2)CC1. The van der Waals surface area contributed by atoms with E-state index in [1.165, 1.54) is 10.3 Å². The van der Waals surface area contributed by atoms with Crippen molar-refractivity contribution in [1.82, 2.24) is 15.2 Å². The van der Waals surface area contributed by atoms with Crippen LogP contribution in [0, 0.1) is 6.92 Å². The van der Waals surface area contributed by atoms with Crippen molar-refractivity contribution >= 4 is 43.4 Å². The lowest BCUT2D eigenvalue weighted by atomic mass is 10.1. The summed E-state index contributed by atoms with van der Waals surface area (Å²) in [6.45, 7) is 7.37. The second-order valence-electron chi connectivity index (χ2n) is 8.40. The maximum Gasteiger partial charge on any atom is 0.255 e. The van der Waals surface area contributed by atoms with Crippen LogP contribution >= 0.6 is 11.3 Å². The summed E-state index contributed by atoms with van der Waals surface area (Å²) < 4.78 is 6.72. The quantitative estimate of drug-likeness (QED) is 0.464. The van der Waals surface area contributed by atoms with Crippen molar-refractivity contribution in [3.8, 4) is 5.75 Å². The molecule has 1 amide bonds. The predicted octanol–water partition coefficient (Wildman–Crippen LogP) is 4.32. The second kappa shape index (κ2) is 9.37. The number of thiazole rings is 1. The number of ether oxygens (including phenoxy) is 1. The molecule has 0 spiro atoms. The van der Waals surface area contributed by atoms with Crippen molar-refractivity contribution in [2.24, 2.45) is 0 Å². The number of benzene rings is 3. The average Bonchev–Trinajstić information content (AvgIpc) is 3.29. The summed E-state index contributed by atoms with van der Waals surface area (Å²) in [5, 5.41) is 6.27. The first-order valence-corrected chi connectivity index (χ1v) is 12.1. The highest BCUT2D eigenvalue weighted by molar-refractivity contribution is 7.22. The van der Waals surface area contributed by atoms with Crippen molar-refractivity contribution in [1.29, 1.82) is 0 Å². The summed E-state index contributed by atoms with van der Waals surface area (Å²) in [4.78, 5) is 22.5. The van der Waals surface area contributed by atoms with Gasteiger partial charge in [-0.2, -0.15) is 0 Å². The van der Waals surface area contributed by atoms with E-state index in [0.717, 1.165) is 54.1 Å². The smallest absolute Gasteiger partial charge is 0.255 e. The zero-order valence-electron chi connectivity index (χ0n) is 19.0. The van der Waals surface area contributed by atoms with E-state index in [1.807, 2.05) is 36.4 Å². The maximum atomic E-state index is 12.8. The molecule has 0 bridgehead atoms. The molecule has 4 aromatic rings. The molecule has 1 fully saturated rings.